The second-order valence-electron chi connectivity index (χ2n) is 4.89. The third-order valence-corrected chi connectivity index (χ3v) is 4.03. The largest absolute Gasteiger partial charge is 0.487 e. The van der Waals surface area contributed by atoms with Gasteiger partial charge in [0, 0.05) is 5.33 Å². The van der Waals surface area contributed by atoms with E-state index >= 15 is 0 Å². The predicted molar refractivity (Wildman–Crippen MR) is 80.4 cm³/mol. The Morgan fingerprint density at radius 1 is 0.889 bits per heavy atom. The van der Waals surface area contributed by atoms with Gasteiger partial charge in [0.2, 0.25) is 0 Å². The summed E-state index contributed by atoms with van der Waals surface area (Å²) in [6, 6.07) is 18.6. The summed E-state index contributed by atoms with van der Waals surface area (Å²) >= 11 is 3.45. The SMILES string of the molecule is CC(C)(CBr)Oc1ccc(-c2ccccc2)cc1. The molecule has 1 nitrogen and oxygen atoms in total. The first kappa shape index (κ1) is 13.2. The highest BCUT2D eigenvalue weighted by Crippen LogP contribution is 2.25. The van der Waals surface area contributed by atoms with Crippen LogP contribution in [0.1, 0.15) is 13.8 Å². The zero-order valence-electron chi connectivity index (χ0n) is 10.7. The van der Waals surface area contributed by atoms with Gasteiger partial charge in [-0.15, -0.1) is 0 Å². The minimum absolute atomic E-state index is 0.186. The molecule has 0 aromatic heterocycles. The monoisotopic (exact) mass is 304 g/mol. The van der Waals surface area contributed by atoms with Gasteiger partial charge in [0.25, 0.3) is 0 Å². The standard InChI is InChI=1S/C16H17BrO/c1-16(2,12-17)18-15-10-8-14(9-11-15)13-6-4-3-5-7-13/h3-11H,12H2,1-2H3. The van der Waals surface area contributed by atoms with E-state index in [0.717, 1.165) is 11.1 Å². The molecular weight excluding hydrogens is 288 g/mol. The summed E-state index contributed by atoms with van der Waals surface area (Å²) in [7, 11) is 0. The van der Waals surface area contributed by atoms with Crippen molar-refractivity contribution < 1.29 is 4.74 Å². The third kappa shape index (κ3) is 3.36. The molecular formula is C16H17BrO. The average Bonchev–Trinajstić information content (AvgIpc) is 2.40. The molecule has 0 atom stereocenters. The van der Waals surface area contributed by atoms with Crippen molar-refractivity contribution in [1.29, 1.82) is 0 Å². The lowest BCUT2D eigenvalue weighted by molar-refractivity contribution is 0.137. The normalized spacial score (nSPS) is 11.3. The van der Waals surface area contributed by atoms with E-state index in [9.17, 15) is 0 Å². The molecule has 0 amide bonds. The van der Waals surface area contributed by atoms with Crippen molar-refractivity contribution in [3.63, 3.8) is 0 Å². The predicted octanol–water partition coefficient (Wildman–Crippen LogP) is 4.91. The van der Waals surface area contributed by atoms with Crippen LogP contribution in [0.15, 0.2) is 54.6 Å². The van der Waals surface area contributed by atoms with Gasteiger partial charge >= 0.3 is 0 Å². The zero-order chi connectivity index (χ0) is 13.0. The van der Waals surface area contributed by atoms with E-state index in [1.54, 1.807) is 0 Å². The van der Waals surface area contributed by atoms with Crippen LogP contribution in [0.2, 0.25) is 0 Å². The van der Waals surface area contributed by atoms with Crippen LogP contribution in [0.4, 0.5) is 0 Å². The minimum atomic E-state index is -0.186. The van der Waals surface area contributed by atoms with Gasteiger partial charge < -0.3 is 4.74 Å². The summed E-state index contributed by atoms with van der Waals surface area (Å²) in [5, 5.41) is 0.806. The van der Waals surface area contributed by atoms with Crippen molar-refractivity contribution in [1.82, 2.24) is 0 Å². The summed E-state index contributed by atoms with van der Waals surface area (Å²) in [4.78, 5) is 0. The molecule has 2 rings (SSSR count). The fraction of sp³-hybridized carbons (Fsp3) is 0.250. The molecule has 0 spiro atoms. The Kier molecular flexibility index (Phi) is 4.07. The summed E-state index contributed by atoms with van der Waals surface area (Å²) < 4.78 is 5.89. The van der Waals surface area contributed by atoms with Gasteiger partial charge in [-0.25, -0.2) is 0 Å². The number of benzene rings is 2. The van der Waals surface area contributed by atoms with Gasteiger partial charge in [0.1, 0.15) is 11.4 Å². The molecule has 2 aromatic rings. The van der Waals surface area contributed by atoms with Crippen molar-refractivity contribution in [3.8, 4) is 16.9 Å². The number of alkyl halides is 1. The number of hydrogen-bond acceptors (Lipinski definition) is 1. The highest BCUT2D eigenvalue weighted by Gasteiger charge is 2.17. The Hall–Kier alpha value is -1.28. The maximum absolute atomic E-state index is 5.89. The molecule has 0 N–H and O–H groups in total. The molecule has 0 bridgehead atoms. The van der Waals surface area contributed by atoms with E-state index in [4.69, 9.17) is 4.74 Å². The van der Waals surface area contributed by atoms with E-state index in [0.29, 0.717) is 0 Å². The molecule has 0 aliphatic rings. The molecule has 0 radical (unpaired) electrons. The summed E-state index contributed by atoms with van der Waals surface area (Å²) in [5.74, 6) is 0.902. The Morgan fingerprint density at radius 3 is 2.00 bits per heavy atom. The van der Waals surface area contributed by atoms with Crippen LogP contribution in [0, 0.1) is 0 Å². The highest BCUT2D eigenvalue weighted by atomic mass is 79.9. The smallest absolute Gasteiger partial charge is 0.120 e. The molecule has 0 aliphatic heterocycles. The van der Waals surface area contributed by atoms with Crippen LogP contribution in [0.25, 0.3) is 11.1 Å². The first-order valence-corrected chi connectivity index (χ1v) is 7.13. The fourth-order valence-corrected chi connectivity index (χ4v) is 1.81. The molecule has 18 heavy (non-hydrogen) atoms. The highest BCUT2D eigenvalue weighted by molar-refractivity contribution is 9.09. The van der Waals surface area contributed by atoms with Crippen LogP contribution in [-0.4, -0.2) is 10.9 Å². The molecule has 0 fully saturated rings. The molecule has 0 aliphatic carbocycles. The van der Waals surface area contributed by atoms with Gasteiger partial charge in [-0.3, -0.25) is 0 Å². The van der Waals surface area contributed by atoms with Crippen LogP contribution >= 0.6 is 15.9 Å². The number of hydrogen-bond donors (Lipinski definition) is 0. The van der Waals surface area contributed by atoms with Crippen LogP contribution in [-0.2, 0) is 0 Å². The maximum Gasteiger partial charge on any atom is 0.120 e. The quantitative estimate of drug-likeness (QED) is 0.730. The van der Waals surface area contributed by atoms with Crippen LogP contribution in [0.3, 0.4) is 0 Å². The van der Waals surface area contributed by atoms with E-state index in [1.165, 1.54) is 11.1 Å². The van der Waals surface area contributed by atoms with Crippen molar-refractivity contribution in [3.05, 3.63) is 54.6 Å². The lowest BCUT2D eigenvalue weighted by Gasteiger charge is -2.24. The lowest BCUT2D eigenvalue weighted by Crippen LogP contribution is -2.29. The second-order valence-corrected chi connectivity index (χ2v) is 5.45. The van der Waals surface area contributed by atoms with Gasteiger partial charge in [-0.05, 0) is 37.1 Å². The topological polar surface area (TPSA) is 9.23 Å². The second kappa shape index (κ2) is 5.57. The minimum Gasteiger partial charge on any atom is -0.487 e. The molecule has 2 heteroatoms. The molecule has 0 saturated heterocycles. The Balaban J connectivity index is 2.16. The first-order chi connectivity index (χ1) is 8.61. The van der Waals surface area contributed by atoms with Gasteiger partial charge in [-0.2, -0.15) is 0 Å². The first-order valence-electron chi connectivity index (χ1n) is 6.01. The van der Waals surface area contributed by atoms with Gasteiger partial charge in [-0.1, -0.05) is 58.4 Å². The molecule has 0 unspecified atom stereocenters. The van der Waals surface area contributed by atoms with Crippen molar-refractivity contribution in [2.24, 2.45) is 0 Å². The number of halogens is 1. The zero-order valence-corrected chi connectivity index (χ0v) is 12.3. The third-order valence-electron chi connectivity index (χ3n) is 2.68. The van der Waals surface area contributed by atoms with Crippen molar-refractivity contribution in [2.75, 3.05) is 5.33 Å². The Labute approximate surface area is 117 Å². The van der Waals surface area contributed by atoms with Crippen molar-refractivity contribution in [2.45, 2.75) is 19.4 Å². The van der Waals surface area contributed by atoms with Crippen LogP contribution < -0.4 is 4.74 Å². The summed E-state index contributed by atoms with van der Waals surface area (Å²) in [6.07, 6.45) is 0. The van der Waals surface area contributed by atoms with E-state index in [1.807, 2.05) is 30.3 Å². The lowest BCUT2D eigenvalue weighted by atomic mass is 10.1. The summed E-state index contributed by atoms with van der Waals surface area (Å²) in [6.45, 7) is 4.12. The van der Waals surface area contributed by atoms with Crippen LogP contribution in [0.5, 0.6) is 5.75 Å². The molecule has 0 saturated carbocycles. The number of rotatable bonds is 4. The molecule has 94 valence electrons. The molecule has 2 aromatic carbocycles. The fourth-order valence-electron chi connectivity index (χ4n) is 1.69. The van der Waals surface area contributed by atoms with Gasteiger partial charge in [0.05, 0.1) is 0 Å². The van der Waals surface area contributed by atoms with E-state index in [2.05, 4.69) is 54.0 Å². The average molecular weight is 305 g/mol. The Morgan fingerprint density at radius 2 is 1.44 bits per heavy atom. The number of ether oxygens (including phenoxy) is 1. The summed E-state index contributed by atoms with van der Waals surface area (Å²) in [5.41, 5.74) is 2.25. The van der Waals surface area contributed by atoms with E-state index in [-0.39, 0.29) is 5.60 Å². The Bertz CT molecular complexity index is 488. The van der Waals surface area contributed by atoms with Gasteiger partial charge in [0.15, 0.2) is 0 Å². The van der Waals surface area contributed by atoms with E-state index < -0.39 is 0 Å². The maximum atomic E-state index is 5.89. The van der Waals surface area contributed by atoms with Crippen molar-refractivity contribution >= 4 is 15.9 Å². The molecule has 0 heterocycles.